The molecule has 1 aliphatic rings. The highest BCUT2D eigenvalue weighted by Crippen LogP contribution is 2.36. The van der Waals surface area contributed by atoms with Crippen LogP contribution < -0.4 is 10.1 Å². The largest absolute Gasteiger partial charge is 0.477 e. The number of hydrogen-bond acceptors (Lipinski definition) is 2. The van der Waals surface area contributed by atoms with Crippen molar-refractivity contribution in [1.82, 2.24) is 0 Å². The van der Waals surface area contributed by atoms with Crippen LogP contribution in [0.5, 0.6) is 5.75 Å². The topological polar surface area (TPSA) is 38.3 Å². The van der Waals surface area contributed by atoms with Crippen LogP contribution in [-0.4, -0.2) is 12.0 Å². The van der Waals surface area contributed by atoms with Crippen LogP contribution in [0, 0.1) is 0 Å². The molecular weight excluding hydrogens is 246 g/mol. The lowest BCUT2D eigenvalue weighted by atomic mass is 10.2. The van der Waals surface area contributed by atoms with Crippen LogP contribution in [0.3, 0.4) is 0 Å². The fraction of sp³-hybridized carbons (Fsp3) is 0.300. The number of anilines is 1. The average molecular weight is 256 g/mol. The predicted molar refractivity (Wildman–Crippen MR) is 57.5 cm³/mol. The quantitative estimate of drug-likeness (QED) is 0.838. The van der Waals surface area contributed by atoms with Gasteiger partial charge in [-0.3, -0.25) is 4.79 Å². The number of halogens is 1. The molecule has 1 N–H and O–H groups in total. The summed E-state index contributed by atoms with van der Waals surface area (Å²) >= 11 is 3.38. The third kappa shape index (κ3) is 1.50. The number of para-hydroxylation sites is 1. The molecule has 0 saturated carbocycles. The van der Waals surface area contributed by atoms with Gasteiger partial charge >= 0.3 is 0 Å². The van der Waals surface area contributed by atoms with Crippen LogP contribution in [0.25, 0.3) is 0 Å². The molecule has 4 heteroatoms. The van der Waals surface area contributed by atoms with Gasteiger partial charge in [0.15, 0.2) is 11.9 Å². The Hall–Kier alpha value is -1.03. The van der Waals surface area contributed by atoms with E-state index in [4.69, 9.17) is 4.74 Å². The van der Waals surface area contributed by atoms with Gasteiger partial charge in [0.2, 0.25) is 0 Å². The number of benzene rings is 1. The summed E-state index contributed by atoms with van der Waals surface area (Å²) in [7, 11) is 0. The van der Waals surface area contributed by atoms with E-state index in [0.717, 1.165) is 15.9 Å². The molecule has 0 radical (unpaired) electrons. The average Bonchev–Trinajstić information content (AvgIpc) is 2.17. The number of hydrogen-bond donors (Lipinski definition) is 1. The zero-order valence-corrected chi connectivity index (χ0v) is 9.30. The molecule has 1 aromatic carbocycles. The maximum atomic E-state index is 11.4. The second kappa shape index (κ2) is 3.61. The molecule has 1 heterocycles. The summed E-state index contributed by atoms with van der Waals surface area (Å²) in [5, 5.41) is 2.81. The standard InChI is InChI=1S/C10H10BrNO2/c1-2-8-10(13)12-7-5-3-4-6(11)9(7)14-8/h3-5,8H,2H2,1H3,(H,12,13)/t8-/m0/s1. The molecule has 1 aromatic rings. The van der Waals surface area contributed by atoms with Crippen molar-refractivity contribution in [3.05, 3.63) is 22.7 Å². The monoisotopic (exact) mass is 255 g/mol. The van der Waals surface area contributed by atoms with Crippen LogP contribution in [0.2, 0.25) is 0 Å². The van der Waals surface area contributed by atoms with Crippen molar-refractivity contribution in [3.63, 3.8) is 0 Å². The Morgan fingerprint density at radius 1 is 1.57 bits per heavy atom. The van der Waals surface area contributed by atoms with E-state index in [1.54, 1.807) is 0 Å². The fourth-order valence-electron chi connectivity index (χ4n) is 1.40. The minimum absolute atomic E-state index is 0.0712. The van der Waals surface area contributed by atoms with E-state index in [1.807, 2.05) is 25.1 Å². The van der Waals surface area contributed by atoms with Crippen molar-refractivity contribution in [2.45, 2.75) is 19.4 Å². The predicted octanol–water partition coefficient (Wildman–Crippen LogP) is 2.56. The van der Waals surface area contributed by atoms with E-state index < -0.39 is 0 Å². The Labute approximate surface area is 90.6 Å². The summed E-state index contributed by atoms with van der Waals surface area (Å²) in [6.45, 7) is 1.92. The lowest BCUT2D eigenvalue weighted by Crippen LogP contribution is -2.36. The second-order valence-electron chi connectivity index (χ2n) is 3.12. The molecule has 14 heavy (non-hydrogen) atoms. The number of carbonyl (C=O) groups excluding carboxylic acids is 1. The number of nitrogens with one attached hydrogen (secondary N) is 1. The number of ether oxygens (including phenoxy) is 1. The first-order chi connectivity index (χ1) is 6.72. The molecule has 0 aromatic heterocycles. The Morgan fingerprint density at radius 3 is 3.07 bits per heavy atom. The summed E-state index contributed by atoms with van der Waals surface area (Å²) in [6.07, 6.45) is 0.299. The summed E-state index contributed by atoms with van der Waals surface area (Å²) in [6, 6.07) is 5.58. The normalized spacial score (nSPS) is 19.6. The Balaban J connectivity index is 2.40. The van der Waals surface area contributed by atoms with E-state index in [9.17, 15) is 4.79 Å². The second-order valence-corrected chi connectivity index (χ2v) is 3.97. The van der Waals surface area contributed by atoms with E-state index in [0.29, 0.717) is 6.42 Å². The summed E-state index contributed by atoms with van der Waals surface area (Å²) in [5.74, 6) is 0.650. The lowest BCUT2D eigenvalue weighted by Gasteiger charge is -2.25. The van der Waals surface area contributed by atoms with Crippen LogP contribution in [0.1, 0.15) is 13.3 Å². The molecule has 3 nitrogen and oxygen atoms in total. The first-order valence-corrected chi connectivity index (χ1v) is 5.27. The molecule has 0 fully saturated rings. The third-order valence-electron chi connectivity index (χ3n) is 2.15. The zero-order chi connectivity index (χ0) is 10.1. The minimum Gasteiger partial charge on any atom is -0.477 e. The van der Waals surface area contributed by atoms with E-state index in [2.05, 4.69) is 21.2 Å². The number of fused-ring (bicyclic) bond motifs is 1. The molecule has 0 saturated heterocycles. The van der Waals surface area contributed by atoms with E-state index in [-0.39, 0.29) is 12.0 Å². The maximum Gasteiger partial charge on any atom is 0.265 e. The zero-order valence-electron chi connectivity index (χ0n) is 7.71. The van der Waals surface area contributed by atoms with Gasteiger partial charge in [-0.2, -0.15) is 0 Å². The molecule has 1 aliphatic heterocycles. The highest BCUT2D eigenvalue weighted by molar-refractivity contribution is 9.10. The van der Waals surface area contributed by atoms with Gasteiger partial charge in [-0.1, -0.05) is 13.0 Å². The van der Waals surface area contributed by atoms with Crippen LogP contribution in [-0.2, 0) is 4.79 Å². The Morgan fingerprint density at radius 2 is 2.36 bits per heavy atom. The van der Waals surface area contributed by atoms with E-state index in [1.165, 1.54) is 0 Å². The van der Waals surface area contributed by atoms with Gasteiger partial charge in [0.05, 0.1) is 10.2 Å². The molecule has 0 bridgehead atoms. The van der Waals surface area contributed by atoms with Gasteiger partial charge in [-0.05, 0) is 34.5 Å². The van der Waals surface area contributed by atoms with Crippen molar-refractivity contribution < 1.29 is 9.53 Å². The van der Waals surface area contributed by atoms with Gasteiger partial charge < -0.3 is 10.1 Å². The molecule has 74 valence electrons. The molecule has 2 rings (SSSR count). The van der Waals surface area contributed by atoms with Crippen LogP contribution in [0.4, 0.5) is 5.69 Å². The molecule has 1 atom stereocenters. The molecule has 1 amide bonds. The molecular formula is C10H10BrNO2. The van der Waals surface area contributed by atoms with Crippen molar-refractivity contribution in [3.8, 4) is 5.75 Å². The molecule has 0 aliphatic carbocycles. The Kier molecular flexibility index (Phi) is 2.46. The van der Waals surface area contributed by atoms with Crippen molar-refractivity contribution in [1.29, 1.82) is 0 Å². The maximum absolute atomic E-state index is 11.4. The fourth-order valence-corrected chi connectivity index (χ4v) is 1.86. The smallest absolute Gasteiger partial charge is 0.265 e. The molecule has 0 unspecified atom stereocenters. The Bertz CT molecular complexity index is 378. The van der Waals surface area contributed by atoms with Gasteiger partial charge in [0.25, 0.3) is 5.91 Å². The first kappa shape index (κ1) is 9.52. The van der Waals surface area contributed by atoms with Crippen molar-refractivity contribution >= 4 is 27.5 Å². The van der Waals surface area contributed by atoms with Crippen LogP contribution >= 0.6 is 15.9 Å². The summed E-state index contributed by atoms with van der Waals surface area (Å²) in [4.78, 5) is 11.4. The lowest BCUT2D eigenvalue weighted by molar-refractivity contribution is -0.123. The number of carbonyl (C=O) groups is 1. The highest BCUT2D eigenvalue weighted by Gasteiger charge is 2.26. The SMILES string of the molecule is CC[C@@H]1Oc2c(Br)cccc2NC1=O. The third-order valence-corrected chi connectivity index (χ3v) is 2.77. The highest BCUT2D eigenvalue weighted by atomic mass is 79.9. The van der Waals surface area contributed by atoms with Gasteiger partial charge in [-0.25, -0.2) is 0 Å². The molecule has 0 spiro atoms. The van der Waals surface area contributed by atoms with Crippen molar-refractivity contribution in [2.75, 3.05) is 5.32 Å². The van der Waals surface area contributed by atoms with Gasteiger partial charge in [0.1, 0.15) is 0 Å². The van der Waals surface area contributed by atoms with Crippen molar-refractivity contribution in [2.24, 2.45) is 0 Å². The first-order valence-electron chi connectivity index (χ1n) is 4.48. The summed E-state index contributed by atoms with van der Waals surface area (Å²) in [5.41, 5.74) is 0.731. The van der Waals surface area contributed by atoms with Gasteiger partial charge in [-0.15, -0.1) is 0 Å². The number of rotatable bonds is 1. The minimum atomic E-state index is -0.374. The number of amides is 1. The van der Waals surface area contributed by atoms with Gasteiger partial charge in [0, 0.05) is 0 Å². The summed E-state index contributed by atoms with van der Waals surface area (Å²) < 4.78 is 6.43. The van der Waals surface area contributed by atoms with Crippen LogP contribution in [0.15, 0.2) is 22.7 Å². The van der Waals surface area contributed by atoms with E-state index >= 15 is 0 Å².